The zero-order valence-electron chi connectivity index (χ0n) is 12.1. The number of hydrogen-bond acceptors (Lipinski definition) is 2. The van der Waals surface area contributed by atoms with Crippen molar-refractivity contribution in [1.82, 2.24) is 10.2 Å². The van der Waals surface area contributed by atoms with Gasteiger partial charge >= 0.3 is 0 Å². The average Bonchev–Trinajstić information content (AvgIpc) is 3.10. The van der Waals surface area contributed by atoms with Crippen LogP contribution in [0.2, 0.25) is 0 Å². The fraction of sp³-hybridized carbons (Fsp3) is 0.938. The minimum atomic E-state index is 0.458. The molecule has 1 aliphatic carbocycles. The molecule has 0 aromatic rings. The van der Waals surface area contributed by atoms with Crippen LogP contribution in [0, 0.1) is 11.8 Å². The Bertz CT molecular complexity index is 306. The smallest absolute Gasteiger partial charge is 0.223 e. The summed E-state index contributed by atoms with van der Waals surface area (Å²) in [6.45, 7) is 3.31. The lowest BCUT2D eigenvalue weighted by Gasteiger charge is -2.35. The molecule has 3 aliphatic rings. The monoisotopic (exact) mass is 264 g/mol. The van der Waals surface area contributed by atoms with Crippen LogP contribution in [0.4, 0.5) is 0 Å². The van der Waals surface area contributed by atoms with Crippen LogP contribution in [-0.2, 0) is 4.79 Å². The predicted octanol–water partition coefficient (Wildman–Crippen LogP) is 2.56. The number of rotatable bonds is 3. The van der Waals surface area contributed by atoms with Crippen LogP contribution in [0.5, 0.6) is 0 Å². The molecule has 1 amide bonds. The van der Waals surface area contributed by atoms with E-state index in [9.17, 15) is 4.79 Å². The lowest BCUT2D eigenvalue weighted by Crippen LogP contribution is -2.45. The summed E-state index contributed by atoms with van der Waals surface area (Å²) in [7, 11) is 0. The molecule has 2 heterocycles. The number of carbonyl (C=O) groups excluding carboxylic acids is 1. The van der Waals surface area contributed by atoms with E-state index in [0.29, 0.717) is 23.8 Å². The first kappa shape index (κ1) is 13.4. The van der Waals surface area contributed by atoms with E-state index >= 15 is 0 Å². The molecule has 0 radical (unpaired) electrons. The Hall–Kier alpha value is -0.570. The van der Waals surface area contributed by atoms with E-state index in [1.54, 1.807) is 0 Å². The Morgan fingerprint density at radius 2 is 1.89 bits per heavy atom. The maximum Gasteiger partial charge on any atom is 0.223 e. The third-order valence-electron chi connectivity index (χ3n) is 5.44. The topological polar surface area (TPSA) is 32.3 Å². The van der Waals surface area contributed by atoms with Gasteiger partial charge in [0.15, 0.2) is 0 Å². The van der Waals surface area contributed by atoms with Crippen LogP contribution >= 0.6 is 0 Å². The number of hydrogen-bond donors (Lipinski definition) is 1. The fourth-order valence-electron chi connectivity index (χ4n) is 4.38. The highest BCUT2D eigenvalue weighted by molar-refractivity contribution is 5.77. The number of nitrogens with one attached hydrogen (secondary N) is 1. The van der Waals surface area contributed by atoms with Gasteiger partial charge in [0, 0.05) is 19.0 Å². The van der Waals surface area contributed by atoms with Gasteiger partial charge in [-0.1, -0.05) is 12.8 Å². The van der Waals surface area contributed by atoms with Gasteiger partial charge in [-0.15, -0.1) is 0 Å². The van der Waals surface area contributed by atoms with Crippen molar-refractivity contribution in [3.63, 3.8) is 0 Å². The van der Waals surface area contributed by atoms with Crippen LogP contribution in [-0.4, -0.2) is 36.5 Å². The number of likely N-dealkylation sites (tertiary alicyclic amines) is 1. The molecule has 2 saturated heterocycles. The summed E-state index contributed by atoms with van der Waals surface area (Å²) < 4.78 is 0. The second kappa shape index (κ2) is 6.25. The zero-order chi connectivity index (χ0) is 13.1. The molecule has 0 aromatic heterocycles. The van der Waals surface area contributed by atoms with E-state index in [1.807, 2.05) is 0 Å². The highest BCUT2D eigenvalue weighted by atomic mass is 16.2. The lowest BCUT2D eigenvalue weighted by molar-refractivity contribution is -0.134. The van der Waals surface area contributed by atoms with Gasteiger partial charge in [0.2, 0.25) is 5.91 Å². The van der Waals surface area contributed by atoms with E-state index < -0.39 is 0 Å². The van der Waals surface area contributed by atoms with Crippen molar-refractivity contribution in [2.24, 2.45) is 11.8 Å². The minimum Gasteiger partial charge on any atom is -0.339 e. The first-order valence-corrected chi connectivity index (χ1v) is 8.35. The summed E-state index contributed by atoms with van der Waals surface area (Å²) >= 11 is 0. The molecule has 3 fully saturated rings. The Kier molecular flexibility index (Phi) is 4.42. The van der Waals surface area contributed by atoms with Gasteiger partial charge in [-0.25, -0.2) is 0 Å². The lowest BCUT2D eigenvalue weighted by atomic mass is 9.90. The van der Waals surface area contributed by atoms with Crippen LogP contribution < -0.4 is 5.32 Å². The van der Waals surface area contributed by atoms with Gasteiger partial charge in [0.1, 0.15) is 0 Å². The van der Waals surface area contributed by atoms with Crippen LogP contribution in [0.1, 0.15) is 57.8 Å². The molecule has 1 saturated carbocycles. The maximum atomic E-state index is 12.6. The Balaban J connectivity index is 1.56. The van der Waals surface area contributed by atoms with Gasteiger partial charge in [-0.05, 0) is 63.5 Å². The molecular formula is C16H28N2O. The normalized spacial score (nSPS) is 32.9. The van der Waals surface area contributed by atoms with Crippen LogP contribution in [0.25, 0.3) is 0 Å². The summed E-state index contributed by atoms with van der Waals surface area (Å²) in [5, 5.41) is 3.51. The molecule has 2 atom stereocenters. The second-order valence-corrected chi connectivity index (χ2v) is 6.76. The van der Waals surface area contributed by atoms with E-state index in [2.05, 4.69) is 10.2 Å². The molecule has 3 rings (SSSR count). The summed E-state index contributed by atoms with van der Waals surface area (Å²) in [5.74, 6) is 1.86. The molecule has 0 bridgehead atoms. The minimum absolute atomic E-state index is 0.458. The predicted molar refractivity (Wildman–Crippen MR) is 76.9 cm³/mol. The summed E-state index contributed by atoms with van der Waals surface area (Å²) in [4.78, 5) is 14.8. The highest BCUT2D eigenvalue weighted by Gasteiger charge is 2.35. The van der Waals surface area contributed by atoms with Gasteiger partial charge in [-0.2, -0.15) is 0 Å². The Labute approximate surface area is 117 Å². The Morgan fingerprint density at radius 3 is 2.63 bits per heavy atom. The fourth-order valence-corrected chi connectivity index (χ4v) is 4.38. The van der Waals surface area contributed by atoms with Crippen molar-refractivity contribution in [2.45, 2.75) is 63.8 Å². The van der Waals surface area contributed by atoms with E-state index in [-0.39, 0.29) is 0 Å². The molecule has 2 unspecified atom stereocenters. The van der Waals surface area contributed by atoms with Crippen molar-refractivity contribution in [1.29, 1.82) is 0 Å². The van der Waals surface area contributed by atoms with Crippen molar-refractivity contribution < 1.29 is 4.79 Å². The van der Waals surface area contributed by atoms with E-state index in [4.69, 9.17) is 0 Å². The van der Waals surface area contributed by atoms with Gasteiger partial charge in [0.25, 0.3) is 0 Å². The van der Waals surface area contributed by atoms with Gasteiger partial charge in [0.05, 0.1) is 0 Å². The van der Waals surface area contributed by atoms with Crippen molar-refractivity contribution >= 4 is 5.91 Å². The third kappa shape index (κ3) is 3.13. The largest absolute Gasteiger partial charge is 0.339 e. The van der Waals surface area contributed by atoms with Gasteiger partial charge < -0.3 is 10.2 Å². The van der Waals surface area contributed by atoms with Crippen LogP contribution in [0.3, 0.4) is 0 Å². The molecular weight excluding hydrogens is 236 g/mol. The molecule has 0 spiro atoms. The third-order valence-corrected chi connectivity index (χ3v) is 5.44. The molecule has 19 heavy (non-hydrogen) atoms. The number of nitrogens with zero attached hydrogens (tertiary/aromatic N) is 1. The summed E-state index contributed by atoms with van der Waals surface area (Å²) in [6.07, 6.45) is 11.1. The van der Waals surface area contributed by atoms with Crippen molar-refractivity contribution in [3.8, 4) is 0 Å². The quantitative estimate of drug-likeness (QED) is 0.849. The molecule has 2 aliphatic heterocycles. The molecule has 3 nitrogen and oxygen atoms in total. The summed E-state index contributed by atoms with van der Waals surface area (Å²) in [6, 6.07) is 0.543. The van der Waals surface area contributed by atoms with E-state index in [1.165, 1.54) is 57.9 Å². The first-order valence-electron chi connectivity index (χ1n) is 8.35. The first-order chi connectivity index (χ1) is 9.34. The SMILES string of the molecule is O=C(CC1CCCC1)N1CCCC1C1CCCNC1. The number of piperidine rings is 1. The number of carbonyl (C=O) groups is 1. The van der Waals surface area contributed by atoms with Crippen molar-refractivity contribution in [2.75, 3.05) is 19.6 Å². The molecule has 3 heteroatoms. The standard InChI is InChI=1S/C16H28N2O/c19-16(11-13-5-1-2-6-13)18-10-4-8-15(18)14-7-3-9-17-12-14/h13-15,17H,1-12H2. The van der Waals surface area contributed by atoms with Crippen LogP contribution in [0.15, 0.2) is 0 Å². The number of amides is 1. The zero-order valence-corrected chi connectivity index (χ0v) is 12.1. The second-order valence-electron chi connectivity index (χ2n) is 6.76. The van der Waals surface area contributed by atoms with E-state index in [0.717, 1.165) is 19.5 Å². The maximum absolute atomic E-state index is 12.6. The van der Waals surface area contributed by atoms with Gasteiger partial charge in [-0.3, -0.25) is 4.79 Å². The molecule has 1 N–H and O–H groups in total. The summed E-state index contributed by atoms with van der Waals surface area (Å²) in [5.41, 5.74) is 0. The molecule has 0 aromatic carbocycles. The Morgan fingerprint density at radius 1 is 1.05 bits per heavy atom. The highest BCUT2D eigenvalue weighted by Crippen LogP contribution is 2.32. The molecule has 108 valence electrons. The van der Waals surface area contributed by atoms with Crippen molar-refractivity contribution in [3.05, 3.63) is 0 Å². The average molecular weight is 264 g/mol.